The third-order valence-electron chi connectivity index (χ3n) is 6.31. The van der Waals surface area contributed by atoms with Crippen molar-refractivity contribution in [1.82, 2.24) is 14.9 Å². The summed E-state index contributed by atoms with van der Waals surface area (Å²) in [6.07, 6.45) is 0.782. The minimum atomic E-state index is -0.0333. The van der Waals surface area contributed by atoms with Gasteiger partial charge in [-0.3, -0.25) is 4.79 Å². The van der Waals surface area contributed by atoms with Crippen molar-refractivity contribution >= 4 is 11.7 Å². The third kappa shape index (κ3) is 4.98. The van der Waals surface area contributed by atoms with Crippen molar-refractivity contribution in [2.75, 3.05) is 45.3 Å². The van der Waals surface area contributed by atoms with Crippen LogP contribution in [0.25, 0.3) is 0 Å². The molecule has 0 spiro atoms. The van der Waals surface area contributed by atoms with Gasteiger partial charge in [-0.1, -0.05) is 29.8 Å². The SMILES string of the molecule is COc1ccc(C(=O)N2CCN(c3nc(C)nc(C)c3Cc3ccc(C)cc3)CC2)c(OC)c1. The molecule has 34 heavy (non-hydrogen) atoms. The normalized spacial score (nSPS) is 13.7. The molecule has 0 atom stereocenters. The molecule has 1 aromatic heterocycles. The predicted octanol–water partition coefficient (Wildman–Crippen LogP) is 3.97. The summed E-state index contributed by atoms with van der Waals surface area (Å²) in [5.74, 6) is 2.89. The molecule has 0 bridgehead atoms. The number of carbonyl (C=O) groups is 1. The fraction of sp³-hybridized carbons (Fsp3) is 0.370. The Morgan fingerprint density at radius 3 is 2.26 bits per heavy atom. The van der Waals surface area contributed by atoms with Crippen LogP contribution >= 0.6 is 0 Å². The van der Waals surface area contributed by atoms with Gasteiger partial charge in [-0.15, -0.1) is 0 Å². The minimum absolute atomic E-state index is 0.0333. The summed E-state index contributed by atoms with van der Waals surface area (Å²) < 4.78 is 10.7. The number of piperazine rings is 1. The van der Waals surface area contributed by atoms with E-state index >= 15 is 0 Å². The Morgan fingerprint density at radius 1 is 0.912 bits per heavy atom. The van der Waals surface area contributed by atoms with E-state index in [1.165, 1.54) is 11.1 Å². The number of rotatable bonds is 6. The van der Waals surface area contributed by atoms with Crippen molar-refractivity contribution in [3.05, 3.63) is 76.2 Å². The first kappa shape index (κ1) is 23.5. The lowest BCUT2D eigenvalue weighted by atomic mass is 10.0. The van der Waals surface area contributed by atoms with Crippen LogP contribution in [0.4, 0.5) is 5.82 Å². The monoisotopic (exact) mass is 460 g/mol. The Kier molecular flexibility index (Phi) is 7.01. The van der Waals surface area contributed by atoms with E-state index in [0.717, 1.165) is 29.3 Å². The van der Waals surface area contributed by atoms with Crippen LogP contribution in [0.1, 0.15) is 38.6 Å². The van der Waals surface area contributed by atoms with Gasteiger partial charge >= 0.3 is 0 Å². The van der Waals surface area contributed by atoms with Gasteiger partial charge in [-0.25, -0.2) is 9.97 Å². The average Bonchev–Trinajstić information content (AvgIpc) is 2.86. The van der Waals surface area contributed by atoms with Gasteiger partial charge in [0.05, 0.1) is 19.8 Å². The predicted molar refractivity (Wildman–Crippen MR) is 133 cm³/mol. The van der Waals surface area contributed by atoms with Crippen LogP contribution < -0.4 is 14.4 Å². The van der Waals surface area contributed by atoms with Gasteiger partial charge in [0.2, 0.25) is 0 Å². The van der Waals surface area contributed by atoms with Crippen LogP contribution in [0, 0.1) is 20.8 Å². The molecule has 2 heterocycles. The van der Waals surface area contributed by atoms with E-state index < -0.39 is 0 Å². The summed E-state index contributed by atoms with van der Waals surface area (Å²) in [5.41, 5.74) is 5.18. The lowest BCUT2D eigenvalue weighted by Gasteiger charge is -2.36. The second kappa shape index (κ2) is 10.1. The quantitative estimate of drug-likeness (QED) is 0.555. The first-order valence-corrected chi connectivity index (χ1v) is 11.6. The average molecular weight is 461 g/mol. The smallest absolute Gasteiger partial charge is 0.257 e. The second-order valence-electron chi connectivity index (χ2n) is 8.67. The molecular formula is C27H32N4O3. The van der Waals surface area contributed by atoms with Crippen molar-refractivity contribution in [3.63, 3.8) is 0 Å². The molecule has 4 rings (SSSR count). The summed E-state index contributed by atoms with van der Waals surface area (Å²) in [5, 5.41) is 0. The Bertz CT molecular complexity index is 1170. The largest absolute Gasteiger partial charge is 0.497 e. The number of nitrogens with zero attached hydrogens (tertiary/aromatic N) is 4. The number of ether oxygens (including phenoxy) is 2. The van der Waals surface area contributed by atoms with Crippen LogP contribution in [-0.4, -0.2) is 61.2 Å². The second-order valence-corrected chi connectivity index (χ2v) is 8.67. The number of methoxy groups -OCH3 is 2. The Balaban J connectivity index is 1.52. The van der Waals surface area contributed by atoms with Crippen LogP contribution in [0.3, 0.4) is 0 Å². The summed E-state index contributed by atoms with van der Waals surface area (Å²) in [7, 11) is 3.16. The fourth-order valence-corrected chi connectivity index (χ4v) is 4.36. The van der Waals surface area contributed by atoms with Gasteiger partial charge < -0.3 is 19.3 Å². The number of anilines is 1. The van der Waals surface area contributed by atoms with E-state index in [9.17, 15) is 4.79 Å². The molecule has 3 aromatic rings. The first-order chi connectivity index (χ1) is 16.4. The van der Waals surface area contributed by atoms with Crippen LogP contribution in [0.5, 0.6) is 11.5 Å². The molecular weight excluding hydrogens is 428 g/mol. The van der Waals surface area contributed by atoms with Crippen molar-refractivity contribution < 1.29 is 14.3 Å². The zero-order chi connectivity index (χ0) is 24.2. The molecule has 0 unspecified atom stereocenters. The summed E-state index contributed by atoms with van der Waals surface area (Å²) in [6, 6.07) is 13.9. The van der Waals surface area contributed by atoms with Gasteiger partial charge in [0, 0.05) is 49.9 Å². The Morgan fingerprint density at radius 2 is 1.62 bits per heavy atom. The van der Waals surface area contributed by atoms with E-state index in [1.54, 1.807) is 32.4 Å². The lowest BCUT2D eigenvalue weighted by Crippen LogP contribution is -2.49. The maximum Gasteiger partial charge on any atom is 0.257 e. The van der Waals surface area contributed by atoms with Gasteiger partial charge in [0.15, 0.2) is 0 Å². The van der Waals surface area contributed by atoms with Gasteiger partial charge in [0.1, 0.15) is 23.1 Å². The highest BCUT2D eigenvalue weighted by Gasteiger charge is 2.27. The number of carbonyl (C=O) groups excluding carboxylic acids is 1. The molecule has 0 N–H and O–H groups in total. The maximum absolute atomic E-state index is 13.2. The zero-order valence-corrected chi connectivity index (χ0v) is 20.6. The van der Waals surface area contributed by atoms with E-state index in [-0.39, 0.29) is 5.91 Å². The third-order valence-corrected chi connectivity index (χ3v) is 6.31. The molecule has 2 aromatic carbocycles. The van der Waals surface area contributed by atoms with Gasteiger partial charge in [-0.2, -0.15) is 0 Å². The maximum atomic E-state index is 13.2. The number of hydrogen-bond donors (Lipinski definition) is 0. The van der Waals surface area contributed by atoms with Gasteiger partial charge in [-0.05, 0) is 38.5 Å². The molecule has 178 valence electrons. The minimum Gasteiger partial charge on any atom is -0.497 e. The number of aromatic nitrogens is 2. The summed E-state index contributed by atoms with van der Waals surface area (Å²) in [6.45, 7) is 8.72. The lowest BCUT2D eigenvalue weighted by molar-refractivity contribution is 0.0743. The zero-order valence-electron chi connectivity index (χ0n) is 20.6. The van der Waals surface area contributed by atoms with E-state index in [4.69, 9.17) is 14.5 Å². The molecule has 0 saturated carbocycles. The van der Waals surface area contributed by atoms with Crippen LogP contribution in [-0.2, 0) is 6.42 Å². The highest BCUT2D eigenvalue weighted by atomic mass is 16.5. The molecule has 7 nitrogen and oxygen atoms in total. The molecule has 1 saturated heterocycles. The molecule has 0 radical (unpaired) electrons. The first-order valence-electron chi connectivity index (χ1n) is 11.6. The molecule has 0 aliphatic carbocycles. The summed E-state index contributed by atoms with van der Waals surface area (Å²) >= 11 is 0. The highest BCUT2D eigenvalue weighted by Crippen LogP contribution is 2.28. The Hall–Kier alpha value is -3.61. The van der Waals surface area contributed by atoms with Crippen molar-refractivity contribution in [1.29, 1.82) is 0 Å². The number of amides is 1. The van der Waals surface area contributed by atoms with E-state index in [0.29, 0.717) is 43.2 Å². The molecule has 1 aliphatic rings. The number of hydrogen-bond acceptors (Lipinski definition) is 6. The van der Waals surface area contributed by atoms with Crippen LogP contribution in [0.15, 0.2) is 42.5 Å². The van der Waals surface area contributed by atoms with E-state index in [2.05, 4.69) is 48.0 Å². The standard InChI is InChI=1S/C27H32N4O3/c1-18-6-8-21(9-7-18)16-24-19(2)28-20(3)29-26(24)30-12-14-31(15-13-30)27(32)23-11-10-22(33-4)17-25(23)34-5/h6-11,17H,12-16H2,1-5H3. The molecule has 7 heteroatoms. The Labute approximate surface area is 201 Å². The van der Waals surface area contributed by atoms with Crippen molar-refractivity contribution in [3.8, 4) is 11.5 Å². The summed E-state index contributed by atoms with van der Waals surface area (Å²) in [4.78, 5) is 26.8. The van der Waals surface area contributed by atoms with Crippen molar-refractivity contribution in [2.45, 2.75) is 27.2 Å². The van der Waals surface area contributed by atoms with Gasteiger partial charge in [0.25, 0.3) is 5.91 Å². The highest BCUT2D eigenvalue weighted by molar-refractivity contribution is 5.97. The van der Waals surface area contributed by atoms with Crippen LogP contribution in [0.2, 0.25) is 0 Å². The molecule has 1 amide bonds. The van der Waals surface area contributed by atoms with Crippen molar-refractivity contribution in [2.24, 2.45) is 0 Å². The molecule has 1 fully saturated rings. The molecule has 1 aliphatic heterocycles. The van der Waals surface area contributed by atoms with E-state index in [1.807, 2.05) is 11.8 Å². The fourth-order valence-electron chi connectivity index (χ4n) is 4.36. The number of aryl methyl sites for hydroxylation is 3. The number of benzene rings is 2. The topological polar surface area (TPSA) is 67.8 Å².